The van der Waals surface area contributed by atoms with Crippen molar-refractivity contribution in [2.45, 2.75) is 23.8 Å². The summed E-state index contributed by atoms with van der Waals surface area (Å²) in [5, 5.41) is 0. The molecule has 0 saturated carbocycles. The second-order valence-electron chi connectivity index (χ2n) is 5.62. The van der Waals surface area contributed by atoms with E-state index < -0.39 is 21.7 Å². The van der Waals surface area contributed by atoms with Crippen LogP contribution in [0.25, 0.3) is 0 Å². The molecule has 1 aliphatic rings. The number of nitrogens with zero attached hydrogens (tertiary/aromatic N) is 1. The molecule has 128 valence electrons. The number of hydrogen-bond donors (Lipinski definition) is 0. The maximum absolute atomic E-state index is 13.4. The lowest BCUT2D eigenvalue weighted by molar-refractivity contribution is 0.394. The number of halogens is 2. The van der Waals surface area contributed by atoms with Gasteiger partial charge in [0, 0.05) is 6.54 Å². The highest BCUT2D eigenvalue weighted by Gasteiger charge is 2.36. The van der Waals surface area contributed by atoms with Gasteiger partial charge in [0.25, 0.3) is 0 Å². The Hall–Kier alpha value is -1.99. The molecule has 1 aliphatic heterocycles. The molecule has 0 radical (unpaired) electrons. The molecule has 0 aromatic heterocycles. The lowest BCUT2D eigenvalue weighted by Gasteiger charge is -2.24. The first kappa shape index (κ1) is 16.9. The zero-order chi connectivity index (χ0) is 17.3. The van der Waals surface area contributed by atoms with Gasteiger partial charge in [0.1, 0.15) is 5.75 Å². The number of benzene rings is 2. The molecule has 4 nitrogen and oxygen atoms in total. The minimum atomic E-state index is -3.90. The van der Waals surface area contributed by atoms with Gasteiger partial charge in [-0.05, 0) is 48.7 Å². The van der Waals surface area contributed by atoms with E-state index in [1.54, 1.807) is 19.2 Å². The van der Waals surface area contributed by atoms with Gasteiger partial charge in [-0.15, -0.1) is 0 Å². The maximum atomic E-state index is 13.4. The standard InChI is InChI=1S/C17H17F2NO3S/c1-23-13-6-4-12(5-7-13)17-3-2-10-20(17)24(21,22)14-8-9-15(18)16(19)11-14/h4-9,11,17H,2-3,10H2,1H3/t17-/m1/s1. The normalized spacial score (nSPS) is 18.7. The van der Waals surface area contributed by atoms with Crippen molar-refractivity contribution in [3.8, 4) is 5.75 Å². The zero-order valence-corrected chi connectivity index (χ0v) is 13.9. The summed E-state index contributed by atoms with van der Waals surface area (Å²) in [6, 6.07) is 9.53. The Bertz CT molecular complexity index is 837. The molecule has 0 N–H and O–H groups in total. The molecule has 1 fully saturated rings. The molecule has 0 spiro atoms. The first-order chi connectivity index (χ1) is 11.4. The Morgan fingerprint density at radius 1 is 1.08 bits per heavy atom. The van der Waals surface area contributed by atoms with Crippen molar-refractivity contribution >= 4 is 10.0 Å². The van der Waals surface area contributed by atoms with Gasteiger partial charge in [-0.2, -0.15) is 4.31 Å². The average Bonchev–Trinajstić information content (AvgIpc) is 3.08. The molecule has 0 amide bonds. The average molecular weight is 353 g/mol. The molecule has 1 heterocycles. The van der Waals surface area contributed by atoms with Crippen molar-refractivity contribution < 1.29 is 21.9 Å². The van der Waals surface area contributed by atoms with E-state index in [1.165, 1.54) is 4.31 Å². The lowest BCUT2D eigenvalue weighted by Crippen LogP contribution is -2.30. The van der Waals surface area contributed by atoms with Gasteiger partial charge in [0.2, 0.25) is 10.0 Å². The van der Waals surface area contributed by atoms with Crippen molar-refractivity contribution in [3.05, 3.63) is 59.7 Å². The highest BCUT2D eigenvalue weighted by Crippen LogP contribution is 2.37. The number of ether oxygens (including phenoxy) is 1. The fourth-order valence-electron chi connectivity index (χ4n) is 2.96. The van der Waals surface area contributed by atoms with E-state index in [1.807, 2.05) is 12.1 Å². The Morgan fingerprint density at radius 3 is 2.42 bits per heavy atom. The van der Waals surface area contributed by atoms with Crippen LogP contribution in [0.4, 0.5) is 8.78 Å². The summed E-state index contributed by atoms with van der Waals surface area (Å²) in [7, 11) is -2.34. The molecule has 2 aromatic rings. The van der Waals surface area contributed by atoms with Crippen molar-refractivity contribution in [2.24, 2.45) is 0 Å². The number of sulfonamides is 1. The van der Waals surface area contributed by atoms with Crippen LogP contribution < -0.4 is 4.74 Å². The van der Waals surface area contributed by atoms with E-state index in [4.69, 9.17) is 4.74 Å². The number of rotatable bonds is 4. The van der Waals surface area contributed by atoms with Crippen LogP contribution in [0.15, 0.2) is 47.4 Å². The van der Waals surface area contributed by atoms with Crippen LogP contribution in [0.5, 0.6) is 5.75 Å². The third kappa shape index (κ3) is 3.01. The predicted octanol–water partition coefficient (Wildman–Crippen LogP) is 3.50. The molecule has 7 heteroatoms. The highest BCUT2D eigenvalue weighted by molar-refractivity contribution is 7.89. The summed E-state index contributed by atoms with van der Waals surface area (Å²) in [5.41, 5.74) is 0.847. The Morgan fingerprint density at radius 2 is 1.79 bits per heavy atom. The molecule has 24 heavy (non-hydrogen) atoms. The smallest absolute Gasteiger partial charge is 0.243 e. The van der Waals surface area contributed by atoms with Gasteiger partial charge >= 0.3 is 0 Å². The van der Waals surface area contributed by atoms with Crippen LogP contribution in [-0.2, 0) is 10.0 Å². The number of hydrogen-bond acceptors (Lipinski definition) is 3. The largest absolute Gasteiger partial charge is 0.497 e. The highest BCUT2D eigenvalue weighted by atomic mass is 32.2. The molecule has 0 unspecified atom stereocenters. The molecule has 0 aliphatic carbocycles. The summed E-state index contributed by atoms with van der Waals surface area (Å²) < 4.78 is 58.6. The van der Waals surface area contributed by atoms with E-state index in [2.05, 4.69) is 0 Å². The molecular weight excluding hydrogens is 336 g/mol. The van der Waals surface area contributed by atoms with E-state index in [9.17, 15) is 17.2 Å². The van der Waals surface area contributed by atoms with Gasteiger partial charge in [-0.25, -0.2) is 17.2 Å². The summed E-state index contributed by atoms with van der Waals surface area (Å²) in [4.78, 5) is -0.234. The SMILES string of the molecule is COc1ccc([C@H]2CCCN2S(=O)(=O)c2ccc(F)c(F)c2)cc1. The van der Waals surface area contributed by atoms with Crippen molar-refractivity contribution in [3.63, 3.8) is 0 Å². The topological polar surface area (TPSA) is 46.6 Å². The van der Waals surface area contributed by atoms with Gasteiger partial charge < -0.3 is 4.74 Å². The van der Waals surface area contributed by atoms with Crippen LogP contribution in [0.2, 0.25) is 0 Å². The van der Waals surface area contributed by atoms with Gasteiger partial charge in [0.15, 0.2) is 11.6 Å². The fourth-order valence-corrected chi connectivity index (χ4v) is 4.65. The molecule has 0 bridgehead atoms. The second-order valence-corrected chi connectivity index (χ2v) is 7.51. The second kappa shape index (κ2) is 6.49. The minimum absolute atomic E-state index is 0.234. The van der Waals surface area contributed by atoms with Crippen LogP contribution in [0.3, 0.4) is 0 Å². The first-order valence-electron chi connectivity index (χ1n) is 7.54. The number of methoxy groups -OCH3 is 1. The van der Waals surface area contributed by atoms with Gasteiger partial charge in [-0.3, -0.25) is 0 Å². The van der Waals surface area contributed by atoms with Crippen molar-refractivity contribution in [1.82, 2.24) is 4.31 Å². The van der Waals surface area contributed by atoms with Crippen LogP contribution in [0.1, 0.15) is 24.4 Å². The van der Waals surface area contributed by atoms with E-state index in [0.717, 1.165) is 23.8 Å². The Labute approximate surface area is 139 Å². The fraction of sp³-hybridized carbons (Fsp3) is 0.294. The monoisotopic (exact) mass is 353 g/mol. The summed E-state index contributed by atoms with van der Waals surface area (Å²) >= 11 is 0. The van der Waals surface area contributed by atoms with E-state index in [-0.39, 0.29) is 10.9 Å². The Kier molecular flexibility index (Phi) is 4.56. The van der Waals surface area contributed by atoms with Crippen molar-refractivity contribution in [2.75, 3.05) is 13.7 Å². The summed E-state index contributed by atoms with van der Waals surface area (Å²) in [6.45, 7) is 0.345. The van der Waals surface area contributed by atoms with Gasteiger partial charge in [0.05, 0.1) is 18.0 Å². The first-order valence-corrected chi connectivity index (χ1v) is 8.98. The molecule has 1 atom stereocenters. The molecule has 1 saturated heterocycles. The summed E-state index contributed by atoms with van der Waals surface area (Å²) in [6.07, 6.45) is 1.38. The zero-order valence-electron chi connectivity index (χ0n) is 13.1. The predicted molar refractivity (Wildman–Crippen MR) is 85.2 cm³/mol. The molecular formula is C17H17F2NO3S. The lowest BCUT2D eigenvalue weighted by atomic mass is 10.1. The molecule has 2 aromatic carbocycles. The van der Waals surface area contributed by atoms with Crippen LogP contribution in [-0.4, -0.2) is 26.4 Å². The minimum Gasteiger partial charge on any atom is -0.497 e. The van der Waals surface area contributed by atoms with E-state index in [0.29, 0.717) is 25.1 Å². The summed E-state index contributed by atoms with van der Waals surface area (Å²) in [5.74, 6) is -1.55. The third-order valence-corrected chi connectivity index (χ3v) is 6.11. The third-order valence-electron chi connectivity index (χ3n) is 4.20. The van der Waals surface area contributed by atoms with Crippen LogP contribution in [0, 0.1) is 11.6 Å². The maximum Gasteiger partial charge on any atom is 0.243 e. The van der Waals surface area contributed by atoms with E-state index >= 15 is 0 Å². The van der Waals surface area contributed by atoms with Gasteiger partial charge in [-0.1, -0.05) is 12.1 Å². The molecule has 3 rings (SSSR count). The van der Waals surface area contributed by atoms with Crippen molar-refractivity contribution in [1.29, 1.82) is 0 Å². The Balaban J connectivity index is 1.94. The van der Waals surface area contributed by atoms with Crippen LogP contribution >= 0.6 is 0 Å². The quantitative estimate of drug-likeness (QED) is 0.845.